The minimum absolute atomic E-state index is 0.269. The fourth-order valence-corrected chi connectivity index (χ4v) is 2.06. The number of hydrogen-bond donors (Lipinski definition) is 2. The van der Waals surface area contributed by atoms with E-state index in [1.54, 1.807) is 12.1 Å². The maximum absolute atomic E-state index is 11.6. The Hall–Kier alpha value is -1.39. The van der Waals surface area contributed by atoms with Gasteiger partial charge in [-0.05, 0) is 25.5 Å². The van der Waals surface area contributed by atoms with E-state index in [-0.39, 0.29) is 12.6 Å². The zero-order valence-corrected chi connectivity index (χ0v) is 12.1. The SMILES string of the molecule is CC(C)C(C)N(C)CC(N)(C(=O)O)c1ccccc1. The van der Waals surface area contributed by atoms with Crippen LogP contribution in [0.3, 0.4) is 0 Å². The largest absolute Gasteiger partial charge is 0.480 e. The van der Waals surface area contributed by atoms with Crippen LogP contribution in [0, 0.1) is 5.92 Å². The first kappa shape index (κ1) is 15.7. The average molecular weight is 264 g/mol. The first-order valence-electron chi connectivity index (χ1n) is 6.57. The monoisotopic (exact) mass is 264 g/mol. The molecule has 0 heterocycles. The van der Waals surface area contributed by atoms with E-state index >= 15 is 0 Å². The van der Waals surface area contributed by atoms with Crippen molar-refractivity contribution in [3.05, 3.63) is 35.9 Å². The zero-order chi connectivity index (χ0) is 14.6. The van der Waals surface area contributed by atoms with Crippen LogP contribution in [0.4, 0.5) is 0 Å². The molecule has 1 aromatic rings. The highest BCUT2D eigenvalue weighted by Gasteiger charge is 2.38. The van der Waals surface area contributed by atoms with Crippen molar-refractivity contribution in [2.45, 2.75) is 32.4 Å². The van der Waals surface area contributed by atoms with Crippen molar-refractivity contribution in [1.82, 2.24) is 4.90 Å². The molecule has 0 spiro atoms. The molecule has 4 nitrogen and oxygen atoms in total. The van der Waals surface area contributed by atoms with Gasteiger partial charge in [0, 0.05) is 12.6 Å². The molecule has 0 aromatic heterocycles. The lowest BCUT2D eigenvalue weighted by Gasteiger charge is -2.35. The number of likely N-dealkylation sites (N-methyl/N-ethyl adjacent to an activating group) is 1. The average Bonchev–Trinajstić information content (AvgIpc) is 2.38. The van der Waals surface area contributed by atoms with Crippen LogP contribution >= 0.6 is 0 Å². The van der Waals surface area contributed by atoms with Crippen LogP contribution in [0.5, 0.6) is 0 Å². The van der Waals surface area contributed by atoms with Crippen LogP contribution in [0.2, 0.25) is 0 Å². The molecule has 1 rings (SSSR count). The zero-order valence-electron chi connectivity index (χ0n) is 12.1. The van der Waals surface area contributed by atoms with Crippen molar-refractivity contribution >= 4 is 5.97 Å². The van der Waals surface area contributed by atoms with Crippen molar-refractivity contribution in [3.8, 4) is 0 Å². The van der Waals surface area contributed by atoms with Gasteiger partial charge in [0.15, 0.2) is 5.54 Å². The quantitative estimate of drug-likeness (QED) is 0.823. The Morgan fingerprint density at radius 3 is 2.26 bits per heavy atom. The molecule has 3 N–H and O–H groups in total. The van der Waals surface area contributed by atoms with Gasteiger partial charge in [-0.15, -0.1) is 0 Å². The summed E-state index contributed by atoms with van der Waals surface area (Å²) in [6.45, 7) is 6.59. The molecule has 0 aliphatic rings. The summed E-state index contributed by atoms with van der Waals surface area (Å²) in [6.07, 6.45) is 0. The molecule has 106 valence electrons. The highest BCUT2D eigenvalue weighted by molar-refractivity contribution is 5.80. The first-order valence-corrected chi connectivity index (χ1v) is 6.57. The number of carbonyl (C=O) groups is 1. The van der Waals surface area contributed by atoms with E-state index in [0.29, 0.717) is 11.5 Å². The summed E-state index contributed by atoms with van der Waals surface area (Å²) in [5.74, 6) is -0.555. The van der Waals surface area contributed by atoms with Crippen LogP contribution in [0.15, 0.2) is 30.3 Å². The molecule has 0 saturated heterocycles. The second-order valence-corrected chi connectivity index (χ2v) is 5.54. The Morgan fingerprint density at radius 2 is 1.84 bits per heavy atom. The molecule has 0 fully saturated rings. The highest BCUT2D eigenvalue weighted by Crippen LogP contribution is 2.21. The molecule has 0 aliphatic heterocycles. The van der Waals surface area contributed by atoms with E-state index in [1.165, 1.54) is 0 Å². The van der Waals surface area contributed by atoms with Gasteiger partial charge in [-0.25, -0.2) is 4.79 Å². The van der Waals surface area contributed by atoms with Crippen molar-refractivity contribution in [2.75, 3.05) is 13.6 Å². The van der Waals surface area contributed by atoms with Crippen molar-refractivity contribution in [1.29, 1.82) is 0 Å². The van der Waals surface area contributed by atoms with Crippen molar-refractivity contribution in [2.24, 2.45) is 11.7 Å². The molecule has 2 unspecified atom stereocenters. The van der Waals surface area contributed by atoms with Gasteiger partial charge in [-0.3, -0.25) is 0 Å². The molecular formula is C15H24N2O2. The Morgan fingerprint density at radius 1 is 1.32 bits per heavy atom. The Labute approximate surface area is 115 Å². The summed E-state index contributed by atoms with van der Waals surface area (Å²) >= 11 is 0. The standard InChI is InChI=1S/C15H24N2O2/c1-11(2)12(3)17(4)10-15(16,14(18)19)13-8-6-5-7-9-13/h5-9,11-12H,10,16H2,1-4H3,(H,18,19). The Kier molecular flexibility index (Phi) is 5.09. The van der Waals surface area contributed by atoms with Gasteiger partial charge in [0.2, 0.25) is 0 Å². The minimum atomic E-state index is -1.38. The second kappa shape index (κ2) is 6.17. The lowest BCUT2D eigenvalue weighted by molar-refractivity contribution is -0.144. The number of rotatable bonds is 6. The molecule has 0 saturated carbocycles. The number of aliphatic carboxylic acids is 1. The number of nitrogens with two attached hydrogens (primary N) is 1. The predicted molar refractivity (Wildman–Crippen MR) is 76.9 cm³/mol. The summed E-state index contributed by atoms with van der Waals surface area (Å²) in [4.78, 5) is 13.6. The molecule has 2 atom stereocenters. The van der Waals surface area contributed by atoms with Crippen LogP contribution in [0.1, 0.15) is 26.3 Å². The van der Waals surface area contributed by atoms with Crippen molar-refractivity contribution < 1.29 is 9.90 Å². The lowest BCUT2D eigenvalue weighted by Crippen LogP contribution is -2.54. The number of nitrogens with zero attached hydrogens (tertiary/aromatic N) is 1. The van der Waals surface area contributed by atoms with Crippen LogP contribution in [-0.2, 0) is 10.3 Å². The summed E-state index contributed by atoms with van der Waals surface area (Å²) < 4.78 is 0. The smallest absolute Gasteiger partial charge is 0.329 e. The molecular weight excluding hydrogens is 240 g/mol. The fourth-order valence-electron chi connectivity index (χ4n) is 2.06. The number of benzene rings is 1. The molecule has 19 heavy (non-hydrogen) atoms. The molecule has 0 aliphatic carbocycles. The van der Waals surface area contributed by atoms with Gasteiger partial charge < -0.3 is 15.7 Å². The molecule has 4 heteroatoms. The second-order valence-electron chi connectivity index (χ2n) is 5.54. The topological polar surface area (TPSA) is 66.6 Å². The Bertz CT molecular complexity index is 419. The van der Waals surface area contributed by atoms with Crippen molar-refractivity contribution in [3.63, 3.8) is 0 Å². The van der Waals surface area contributed by atoms with Crippen LogP contribution in [-0.4, -0.2) is 35.6 Å². The highest BCUT2D eigenvalue weighted by atomic mass is 16.4. The number of carboxylic acid groups (broad SMARTS) is 1. The van der Waals surface area contributed by atoms with E-state index in [4.69, 9.17) is 5.73 Å². The molecule has 0 bridgehead atoms. The van der Waals surface area contributed by atoms with E-state index < -0.39 is 11.5 Å². The molecule has 0 radical (unpaired) electrons. The fraction of sp³-hybridized carbons (Fsp3) is 0.533. The third-order valence-corrected chi connectivity index (χ3v) is 3.83. The van der Waals surface area contributed by atoms with E-state index in [2.05, 4.69) is 20.8 Å². The van der Waals surface area contributed by atoms with Gasteiger partial charge in [-0.2, -0.15) is 0 Å². The summed E-state index contributed by atoms with van der Waals surface area (Å²) in [5, 5.41) is 9.50. The van der Waals surface area contributed by atoms with Gasteiger partial charge in [0.05, 0.1) is 0 Å². The van der Waals surface area contributed by atoms with E-state index in [0.717, 1.165) is 0 Å². The third kappa shape index (κ3) is 3.55. The summed E-state index contributed by atoms with van der Waals surface area (Å²) in [5.41, 5.74) is 5.41. The lowest BCUT2D eigenvalue weighted by atomic mass is 9.89. The number of carboxylic acids is 1. The van der Waals surface area contributed by atoms with Gasteiger partial charge in [0.1, 0.15) is 0 Å². The molecule has 0 amide bonds. The maximum atomic E-state index is 11.6. The van der Waals surface area contributed by atoms with Gasteiger partial charge >= 0.3 is 5.97 Å². The predicted octanol–water partition coefficient (Wildman–Crippen LogP) is 1.90. The molecule has 1 aromatic carbocycles. The third-order valence-electron chi connectivity index (χ3n) is 3.83. The van der Waals surface area contributed by atoms with Crippen LogP contribution in [0.25, 0.3) is 0 Å². The summed E-state index contributed by atoms with van der Waals surface area (Å²) in [6, 6.07) is 9.28. The van der Waals surface area contributed by atoms with E-state index in [9.17, 15) is 9.90 Å². The van der Waals surface area contributed by atoms with Gasteiger partial charge in [0.25, 0.3) is 0 Å². The first-order chi connectivity index (χ1) is 8.79. The maximum Gasteiger partial charge on any atom is 0.329 e. The number of hydrogen-bond acceptors (Lipinski definition) is 3. The van der Waals surface area contributed by atoms with E-state index in [1.807, 2.05) is 30.1 Å². The normalized spacial score (nSPS) is 16.4. The van der Waals surface area contributed by atoms with Gasteiger partial charge in [-0.1, -0.05) is 44.2 Å². The summed E-state index contributed by atoms with van der Waals surface area (Å²) in [7, 11) is 1.91. The van der Waals surface area contributed by atoms with Crippen LogP contribution < -0.4 is 5.73 Å². The Balaban J connectivity index is 2.99. The minimum Gasteiger partial charge on any atom is -0.480 e.